The summed E-state index contributed by atoms with van der Waals surface area (Å²) < 4.78 is 0. The number of hydrogen-bond acceptors (Lipinski definition) is 2. The van der Waals surface area contributed by atoms with Crippen LogP contribution in [-0.4, -0.2) is 22.4 Å². The van der Waals surface area contributed by atoms with E-state index in [4.69, 9.17) is 0 Å². The second-order valence-electron chi connectivity index (χ2n) is 14.0. The van der Waals surface area contributed by atoms with Crippen molar-refractivity contribution in [3.05, 3.63) is 12.2 Å². The zero-order valence-electron chi connectivity index (χ0n) is 22.3. The van der Waals surface area contributed by atoms with E-state index in [0.29, 0.717) is 22.2 Å². The number of fused-ring (bicyclic) bond motifs is 5. The molecule has 2 N–H and O–H groups in total. The summed E-state index contributed by atoms with van der Waals surface area (Å²) in [5.41, 5.74) is 1.52. The van der Waals surface area contributed by atoms with Gasteiger partial charge in [0.05, 0.1) is 5.60 Å². The lowest BCUT2D eigenvalue weighted by Crippen LogP contribution is -2.67. The van der Waals surface area contributed by atoms with Crippen molar-refractivity contribution in [1.29, 1.82) is 0 Å². The molecule has 0 radical (unpaired) electrons. The van der Waals surface area contributed by atoms with Gasteiger partial charge in [0.1, 0.15) is 0 Å². The maximum absolute atomic E-state index is 11.9. The van der Waals surface area contributed by atoms with Gasteiger partial charge in [-0.2, -0.15) is 0 Å². The molecule has 4 fully saturated rings. The highest BCUT2D eigenvalue weighted by Gasteiger charge is 2.71. The van der Waals surface area contributed by atoms with Crippen molar-refractivity contribution in [2.75, 3.05) is 6.61 Å². The molecule has 0 unspecified atom stereocenters. The predicted octanol–water partition coefficient (Wildman–Crippen LogP) is 7.39. The van der Waals surface area contributed by atoms with E-state index in [1.165, 1.54) is 38.5 Å². The molecule has 32 heavy (non-hydrogen) atoms. The number of hydrogen-bond donors (Lipinski definition) is 2. The van der Waals surface area contributed by atoms with Crippen molar-refractivity contribution in [2.45, 2.75) is 118 Å². The monoisotopic (exact) mass is 444 g/mol. The molecule has 4 rings (SSSR count). The molecule has 0 aliphatic heterocycles. The topological polar surface area (TPSA) is 40.5 Å². The van der Waals surface area contributed by atoms with E-state index in [9.17, 15) is 10.2 Å². The Balaban J connectivity index is 1.74. The average Bonchev–Trinajstić information content (AvgIpc) is 3.08. The summed E-state index contributed by atoms with van der Waals surface area (Å²) in [6, 6.07) is 0. The second kappa shape index (κ2) is 7.84. The van der Waals surface area contributed by atoms with Crippen LogP contribution in [0.15, 0.2) is 12.2 Å². The van der Waals surface area contributed by atoms with Gasteiger partial charge in [0.25, 0.3) is 0 Å². The van der Waals surface area contributed by atoms with E-state index in [1.807, 2.05) is 6.92 Å². The van der Waals surface area contributed by atoms with Gasteiger partial charge in [-0.25, -0.2) is 0 Å². The predicted molar refractivity (Wildman–Crippen MR) is 134 cm³/mol. The lowest BCUT2D eigenvalue weighted by molar-refractivity contribution is -0.245. The fourth-order valence-corrected chi connectivity index (χ4v) is 11.0. The van der Waals surface area contributed by atoms with Gasteiger partial charge in [-0.1, -0.05) is 48.1 Å². The van der Waals surface area contributed by atoms with Crippen molar-refractivity contribution >= 4 is 0 Å². The summed E-state index contributed by atoms with van der Waals surface area (Å²) in [6.07, 6.45) is 11.7. The first-order valence-electron chi connectivity index (χ1n) is 13.8. The highest BCUT2D eigenvalue weighted by atomic mass is 16.3. The molecule has 2 nitrogen and oxygen atoms in total. The Morgan fingerprint density at radius 3 is 1.97 bits per heavy atom. The lowest BCUT2D eigenvalue weighted by atomic mass is 9.33. The van der Waals surface area contributed by atoms with Gasteiger partial charge in [-0.05, 0) is 128 Å². The van der Waals surface area contributed by atoms with Crippen LogP contribution in [-0.2, 0) is 0 Å². The van der Waals surface area contributed by atoms with Crippen LogP contribution in [0.5, 0.6) is 0 Å². The largest absolute Gasteiger partial charge is 0.396 e. The third-order valence-electron chi connectivity index (χ3n) is 12.8. The molecule has 0 heterocycles. The third-order valence-corrected chi connectivity index (χ3v) is 12.8. The molecule has 4 aliphatic carbocycles. The number of aliphatic hydroxyl groups excluding tert-OH is 1. The first-order valence-corrected chi connectivity index (χ1v) is 13.8. The van der Waals surface area contributed by atoms with E-state index >= 15 is 0 Å². The van der Waals surface area contributed by atoms with Gasteiger partial charge >= 0.3 is 0 Å². The minimum atomic E-state index is -0.774. The van der Waals surface area contributed by atoms with E-state index < -0.39 is 5.60 Å². The van der Waals surface area contributed by atoms with Gasteiger partial charge in [0.15, 0.2) is 0 Å². The Morgan fingerprint density at radius 1 is 0.875 bits per heavy atom. The molecule has 2 heteroatoms. The third kappa shape index (κ3) is 3.03. The fourth-order valence-electron chi connectivity index (χ4n) is 11.0. The quantitative estimate of drug-likeness (QED) is 0.434. The lowest BCUT2D eigenvalue weighted by Gasteiger charge is -2.72. The zero-order valence-corrected chi connectivity index (χ0v) is 22.3. The van der Waals surface area contributed by atoms with Crippen LogP contribution in [0, 0.1) is 51.2 Å². The fraction of sp³-hybridized carbons (Fsp3) is 0.933. The number of aliphatic hydroxyl groups is 2. The smallest absolute Gasteiger partial charge is 0.0884 e. The molecule has 184 valence electrons. The molecule has 0 aromatic heterocycles. The van der Waals surface area contributed by atoms with Crippen molar-refractivity contribution in [2.24, 2.45) is 51.2 Å². The molecule has 0 spiro atoms. The number of rotatable bonds is 5. The van der Waals surface area contributed by atoms with Gasteiger partial charge in [0, 0.05) is 6.61 Å². The molecule has 0 amide bonds. The van der Waals surface area contributed by atoms with Gasteiger partial charge in [-0.15, -0.1) is 0 Å². The summed E-state index contributed by atoms with van der Waals surface area (Å²) in [5.74, 6) is 3.36. The van der Waals surface area contributed by atoms with Crippen LogP contribution >= 0.6 is 0 Å². The van der Waals surface area contributed by atoms with Crippen molar-refractivity contribution in [3.8, 4) is 0 Å². The van der Waals surface area contributed by atoms with Crippen LogP contribution < -0.4 is 0 Å². The first kappa shape index (κ1) is 24.8. The minimum absolute atomic E-state index is 0.124. The molecular formula is C30H52O2. The Kier molecular flexibility index (Phi) is 6.07. The Labute approximate surface area is 198 Å². The molecule has 9 atom stereocenters. The minimum Gasteiger partial charge on any atom is -0.396 e. The second-order valence-corrected chi connectivity index (χ2v) is 14.0. The first-order chi connectivity index (χ1) is 14.8. The Hall–Kier alpha value is -0.340. The van der Waals surface area contributed by atoms with Gasteiger partial charge in [0.2, 0.25) is 0 Å². The molecular weight excluding hydrogens is 392 g/mol. The van der Waals surface area contributed by atoms with Crippen molar-refractivity contribution in [1.82, 2.24) is 0 Å². The van der Waals surface area contributed by atoms with Crippen LogP contribution in [0.25, 0.3) is 0 Å². The Bertz CT molecular complexity index is 743. The SMILES string of the molecule is C=C(C)[C@]1(O)CC[C@H]2[C@@](C)(CC[C@@]3(C)[C@@H]4CC[C@H](C(C)C)[C@@]4(C)CC[C@]23C)[C@@H]1CCCO. The van der Waals surface area contributed by atoms with E-state index in [-0.39, 0.29) is 17.9 Å². The normalized spacial score (nSPS) is 52.9. The zero-order chi connectivity index (χ0) is 23.7. The van der Waals surface area contributed by atoms with Crippen LogP contribution in [0.2, 0.25) is 0 Å². The maximum atomic E-state index is 11.9. The highest BCUT2D eigenvalue weighted by Crippen LogP contribution is 2.77. The van der Waals surface area contributed by atoms with Gasteiger partial charge < -0.3 is 10.2 Å². The summed E-state index contributed by atoms with van der Waals surface area (Å²) in [4.78, 5) is 0. The molecule has 0 aromatic rings. The average molecular weight is 445 g/mol. The van der Waals surface area contributed by atoms with Crippen molar-refractivity contribution in [3.63, 3.8) is 0 Å². The van der Waals surface area contributed by atoms with Crippen LogP contribution in [0.4, 0.5) is 0 Å². The van der Waals surface area contributed by atoms with Crippen LogP contribution in [0.3, 0.4) is 0 Å². The molecule has 0 aromatic carbocycles. The van der Waals surface area contributed by atoms with Crippen LogP contribution in [0.1, 0.15) is 113 Å². The molecule has 4 saturated carbocycles. The van der Waals surface area contributed by atoms with Gasteiger partial charge in [-0.3, -0.25) is 0 Å². The van der Waals surface area contributed by atoms with E-state index in [0.717, 1.165) is 49.0 Å². The standard InChI is InChI=1S/C30H52O2/c1-20(2)22-11-12-23-26(22,5)15-17-29(8)24-13-14-30(32,21(3)4)25(10-9-19-31)27(24,6)16-18-28(23,29)7/h20,22-25,31-32H,3,9-19H2,1-2,4-8H3/t22-,23-,24+,25+,26-,27-,28+,29-,30-/m1/s1. The molecule has 4 aliphatic rings. The summed E-state index contributed by atoms with van der Waals surface area (Å²) in [7, 11) is 0. The highest BCUT2D eigenvalue weighted by molar-refractivity contribution is 5.24. The summed E-state index contributed by atoms with van der Waals surface area (Å²) in [6.45, 7) is 21.9. The summed E-state index contributed by atoms with van der Waals surface area (Å²) in [5, 5.41) is 21.6. The van der Waals surface area contributed by atoms with Crippen molar-refractivity contribution < 1.29 is 10.2 Å². The Morgan fingerprint density at radius 2 is 1.44 bits per heavy atom. The molecule has 0 saturated heterocycles. The van der Waals surface area contributed by atoms with E-state index in [1.54, 1.807) is 0 Å². The maximum Gasteiger partial charge on any atom is 0.0884 e. The molecule has 0 bridgehead atoms. The van der Waals surface area contributed by atoms with E-state index in [2.05, 4.69) is 48.1 Å². The summed E-state index contributed by atoms with van der Waals surface area (Å²) >= 11 is 0.